The summed E-state index contributed by atoms with van der Waals surface area (Å²) >= 11 is 1.57. The van der Waals surface area contributed by atoms with Gasteiger partial charge in [-0.25, -0.2) is 0 Å². The molecule has 1 nitrogen and oxygen atoms in total. The van der Waals surface area contributed by atoms with Crippen molar-refractivity contribution in [3.8, 4) is 5.40 Å². The molecule has 0 spiro atoms. The van der Waals surface area contributed by atoms with E-state index >= 15 is 0 Å². The van der Waals surface area contributed by atoms with Gasteiger partial charge in [0.05, 0.1) is 0 Å². The third kappa shape index (κ3) is 1.52. The zero-order chi connectivity index (χ0) is 13.1. The Morgan fingerprint density at radius 2 is 1.94 bits per heavy atom. The summed E-state index contributed by atoms with van der Waals surface area (Å²) in [4.78, 5) is 0. The molecule has 0 N–H and O–H groups in total. The van der Waals surface area contributed by atoms with Crippen molar-refractivity contribution in [2.75, 3.05) is 0 Å². The highest BCUT2D eigenvalue weighted by atomic mass is 32.2. The Balaban J connectivity index is 1.93. The quantitative estimate of drug-likeness (QED) is 0.675. The fraction of sp³-hybridized carbons (Fsp3) is 0.938. The van der Waals surface area contributed by atoms with Crippen LogP contribution in [0.4, 0.5) is 0 Å². The smallest absolute Gasteiger partial charge is 0.133 e. The van der Waals surface area contributed by atoms with Crippen molar-refractivity contribution < 1.29 is 0 Å². The van der Waals surface area contributed by atoms with E-state index in [4.69, 9.17) is 5.26 Å². The van der Waals surface area contributed by atoms with Crippen molar-refractivity contribution >= 4 is 11.8 Å². The lowest BCUT2D eigenvalue weighted by molar-refractivity contribution is -0.0816. The molecular formula is C16H25NS. The summed E-state index contributed by atoms with van der Waals surface area (Å²) in [6.07, 6.45) is 5.53. The minimum Gasteiger partial charge on any atom is -0.185 e. The Bertz CT molecular complexity index is 398. The molecule has 6 atom stereocenters. The van der Waals surface area contributed by atoms with E-state index in [0.29, 0.717) is 16.1 Å². The van der Waals surface area contributed by atoms with Crippen LogP contribution in [0.2, 0.25) is 0 Å². The molecule has 0 aromatic rings. The lowest BCUT2D eigenvalue weighted by Gasteiger charge is -2.58. The Morgan fingerprint density at radius 1 is 1.22 bits per heavy atom. The molecule has 0 heterocycles. The van der Waals surface area contributed by atoms with Crippen molar-refractivity contribution in [1.29, 1.82) is 5.26 Å². The summed E-state index contributed by atoms with van der Waals surface area (Å²) < 4.78 is 0. The van der Waals surface area contributed by atoms with Gasteiger partial charge in [0.25, 0.3) is 0 Å². The second kappa shape index (κ2) is 3.92. The molecule has 2 heteroatoms. The van der Waals surface area contributed by atoms with Crippen molar-refractivity contribution in [2.24, 2.45) is 34.5 Å². The number of nitriles is 1. The molecule has 4 bridgehead atoms. The average molecular weight is 263 g/mol. The maximum absolute atomic E-state index is 9.07. The van der Waals surface area contributed by atoms with E-state index in [1.807, 2.05) is 0 Å². The highest BCUT2D eigenvalue weighted by molar-refractivity contribution is 8.04. The topological polar surface area (TPSA) is 23.8 Å². The SMILES string of the molecule is CC(C)[C@@H]1C[C@H]2[C@@]3(C)C[C@@H]1C[C@]2(C)[C@@H](SC#N)C3. The lowest BCUT2D eigenvalue weighted by atomic mass is 9.47. The summed E-state index contributed by atoms with van der Waals surface area (Å²) in [5.74, 6) is 3.58. The van der Waals surface area contributed by atoms with Gasteiger partial charge in [0.1, 0.15) is 5.40 Å². The molecule has 100 valence electrons. The highest BCUT2D eigenvalue weighted by Crippen LogP contribution is 2.72. The minimum absolute atomic E-state index is 0.448. The molecule has 0 amide bonds. The van der Waals surface area contributed by atoms with E-state index in [1.54, 1.807) is 11.8 Å². The van der Waals surface area contributed by atoms with E-state index in [-0.39, 0.29) is 0 Å². The summed E-state index contributed by atoms with van der Waals surface area (Å²) in [6.45, 7) is 9.80. The van der Waals surface area contributed by atoms with Gasteiger partial charge in [-0.2, -0.15) is 5.26 Å². The first kappa shape index (κ1) is 12.9. The Kier molecular flexibility index (Phi) is 2.80. The largest absolute Gasteiger partial charge is 0.185 e. The molecule has 0 aromatic carbocycles. The molecule has 0 aliphatic heterocycles. The zero-order valence-electron chi connectivity index (χ0n) is 12.1. The molecule has 0 saturated heterocycles. The molecule has 0 radical (unpaired) electrons. The first-order valence-corrected chi connectivity index (χ1v) is 8.33. The van der Waals surface area contributed by atoms with E-state index < -0.39 is 0 Å². The maximum atomic E-state index is 9.07. The summed E-state index contributed by atoms with van der Waals surface area (Å²) in [6, 6.07) is 0. The average Bonchev–Trinajstić information content (AvgIpc) is 2.41. The van der Waals surface area contributed by atoms with Gasteiger partial charge in [0, 0.05) is 5.25 Å². The van der Waals surface area contributed by atoms with Crippen LogP contribution in [0.25, 0.3) is 0 Å². The first-order valence-electron chi connectivity index (χ1n) is 7.45. The molecular weight excluding hydrogens is 238 g/mol. The predicted octanol–water partition coefficient (Wildman–Crippen LogP) is 4.69. The zero-order valence-corrected chi connectivity index (χ0v) is 12.9. The fourth-order valence-electron chi connectivity index (χ4n) is 5.93. The van der Waals surface area contributed by atoms with Gasteiger partial charge in [-0.3, -0.25) is 0 Å². The van der Waals surface area contributed by atoms with Crippen molar-refractivity contribution in [3.63, 3.8) is 0 Å². The number of fused-ring (bicyclic) bond motifs is 1. The van der Waals surface area contributed by atoms with Gasteiger partial charge in [-0.1, -0.05) is 27.7 Å². The normalized spacial score (nSPS) is 53.8. The number of nitrogens with zero attached hydrogens (tertiary/aromatic N) is 1. The van der Waals surface area contributed by atoms with E-state index in [2.05, 4.69) is 33.1 Å². The monoisotopic (exact) mass is 263 g/mol. The van der Waals surface area contributed by atoms with E-state index in [9.17, 15) is 0 Å². The van der Waals surface area contributed by atoms with Crippen molar-refractivity contribution in [1.82, 2.24) is 0 Å². The molecule has 4 aliphatic carbocycles. The van der Waals surface area contributed by atoms with Crippen LogP contribution in [0.5, 0.6) is 0 Å². The number of thioether (sulfide) groups is 1. The van der Waals surface area contributed by atoms with Crippen LogP contribution < -0.4 is 0 Å². The third-order valence-electron chi connectivity index (χ3n) is 6.62. The first-order chi connectivity index (χ1) is 8.40. The van der Waals surface area contributed by atoms with Crippen molar-refractivity contribution in [2.45, 2.75) is 58.6 Å². The maximum Gasteiger partial charge on any atom is 0.133 e. The minimum atomic E-state index is 0.448. The molecule has 4 aliphatic rings. The van der Waals surface area contributed by atoms with Gasteiger partial charge in [0.2, 0.25) is 0 Å². The molecule has 18 heavy (non-hydrogen) atoms. The third-order valence-corrected chi connectivity index (χ3v) is 7.71. The number of rotatable bonds is 2. The van der Waals surface area contributed by atoms with Gasteiger partial charge in [-0.05, 0) is 71.9 Å². The molecule has 0 aromatic heterocycles. The second-order valence-electron chi connectivity index (χ2n) is 7.93. The molecule has 0 unspecified atom stereocenters. The predicted molar refractivity (Wildman–Crippen MR) is 77.0 cm³/mol. The standard InChI is InChI=1S/C16H25NS/c1-10(2)12-5-13-15(3)6-11(12)7-16(13,4)14(8-15)18-9-17/h10-14H,5-8H2,1-4H3/t11-,12+,13+,14+,15+,16+/m1/s1. The van der Waals surface area contributed by atoms with E-state index in [1.165, 1.54) is 25.7 Å². The van der Waals surface area contributed by atoms with Gasteiger partial charge in [-0.15, -0.1) is 0 Å². The van der Waals surface area contributed by atoms with Crippen molar-refractivity contribution in [3.05, 3.63) is 0 Å². The number of hydrogen-bond acceptors (Lipinski definition) is 2. The summed E-state index contributed by atoms with van der Waals surface area (Å²) in [5, 5.41) is 12.0. The summed E-state index contributed by atoms with van der Waals surface area (Å²) in [7, 11) is 0. The molecule has 4 saturated carbocycles. The van der Waals surface area contributed by atoms with Crippen LogP contribution in [0.3, 0.4) is 0 Å². The van der Waals surface area contributed by atoms with Crippen LogP contribution in [0, 0.1) is 45.2 Å². The molecule has 4 fully saturated rings. The number of thiocyanates is 1. The van der Waals surface area contributed by atoms with Crippen LogP contribution >= 0.6 is 11.8 Å². The highest BCUT2D eigenvalue weighted by Gasteiger charge is 2.66. The van der Waals surface area contributed by atoms with Gasteiger partial charge < -0.3 is 0 Å². The lowest BCUT2D eigenvalue weighted by Crippen LogP contribution is -2.51. The van der Waals surface area contributed by atoms with Gasteiger partial charge >= 0.3 is 0 Å². The van der Waals surface area contributed by atoms with E-state index in [0.717, 1.165) is 23.7 Å². The van der Waals surface area contributed by atoms with Crippen LogP contribution in [-0.4, -0.2) is 5.25 Å². The van der Waals surface area contributed by atoms with Gasteiger partial charge in [0.15, 0.2) is 0 Å². The fourth-order valence-corrected chi connectivity index (χ4v) is 7.05. The van der Waals surface area contributed by atoms with Crippen LogP contribution in [0.1, 0.15) is 53.4 Å². The van der Waals surface area contributed by atoms with Crippen LogP contribution in [0.15, 0.2) is 0 Å². The Hall–Kier alpha value is -0.160. The summed E-state index contributed by atoms with van der Waals surface area (Å²) in [5.41, 5.74) is 0.987. The Labute approximate surface area is 116 Å². The van der Waals surface area contributed by atoms with Crippen LogP contribution in [-0.2, 0) is 0 Å². The number of hydrogen-bond donors (Lipinski definition) is 0. The Morgan fingerprint density at radius 3 is 2.50 bits per heavy atom. The second-order valence-corrected chi connectivity index (χ2v) is 8.91. The molecule has 4 rings (SSSR count).